The van der Waals surface area contributed by atoms with Crippen LogP contribution in [0.15, 0.2) is 24.3 Å². The fourth-order valence-corrected chi connectivity index (χ4v) is 1.81. The molecular weight excluding hydrogens is 206 g/mol. The summed E-state index contributed by atoms with van der Waals surface area (Å²) in [6.07, 6.45) is 0.598. The molecule has 1 aliphatic heterocycles. The first-order chi connectivity index (χ1) is 7.66. The Balaban J connectivity index is 2.01. The maximum Gasteiger partial charge on any atom is 0.248 e. The van der Waals surface area contributed by atoms with Crippen LogP contribution in [-0.2, 0) is 16.0 Å². The number of rotatable bonds is 2. The summed E-state index contributed by atoms with van der Waals surface area (Å²) in [5.41, 5.74) is 0.857. The average molecular weight is 221 g/mol. The third-order valence-corrected chi connectivity index (χ3v) is 2.78. The molecule has 2 rings (SSSR count). The molecule has 86 valence electrons. The van der Waals surface area contributed by atoms with Crippen molar-refractivity contribution in [3.05, 3.63) is 29.8 Å². The monoisotopic (exact) mass is 221 g/mol. The maximum absolute atomic E-state index is 11.2. The van der Waals surface area contributed by atoms with Crippen molar-refractivity contribution in [1.82, 2.24) is 4.90 Å². The largest absolute Gasteiger partial charge is 0.508 e. The molecule has 0 aliphatic carbocycles. The predicted octanol–water partition coefficient (Wildman–Crippen LogP) is 0.792. The van der Waals surface area contributed by atoms with Gasteiger partial charge in [0.1, 0.15) is 12.4 Å². The van der Waals surface area contributed by atoms with Crippen molar-refractivity contribution < 1.29 is 14.6 Å². The van der Waals surface area contributed by atoms with Crippen LogP contribution in [0.4, 0.5) is 0 Å². The summed E-state index contributed by atoms with van der Waals surface area (Å²) in [4.78, 5) is 12.9. The lowest BCUT2D eigenvalue weighted by atomic mass is 10.1. The third-order valence-electron chi connectivity index (χ3n) is 2.78. The lowest BCUT2D eigenvalue weighted by Gasteiger charge is -2.30. The van der Waals surface area contributed by atoms with Gasteiger partial charge in [0, 0.05) is 20.0 Å². The first-order valence-corrected chi connectivity index (χ1v) is 5.29. The van der Waals surface area contributed by atoms with E-state index in [9.17, 15) is 9.90 Å². The fourth-order valence-electron chi connectivity index (χ4n) is 1.81. The number of hydrogen-bond acceptors (Lipinski definition) is 3. The van der Waals surface area contributed by atoms with Gasteiger partial charge in [-0.15, -0.1) is 0 Å². The average Bonchev–Trinajstić information content (AvgIpc) is 2.27. The Morgan fingerprint density at radius 1 is 1.50 bits per heavy atom. The van der Waals surface area contributed by atoms with Crippen LogP contribution in [0.2, 0.25) is 0 Å². The first-order valence-electron chi connectivity index (χ1n) is 5.29. The van der Waals surface area contributed by atoms with E-state index < -0.39 is 0 Å². The van der Waals surface area contributed by atoms with Crippen molar-refractivity contribution in [2.24, 2.45) is 0 Å². The van der Waals surface area contributed by atoms with Crippen LogP contribution in [0.3, 0.4) is 0 Å². The van der Waals surface area contributed by atoms with Gasteiger partial charge in [-0.3, -0.25) is 4.79 Å². The summed E-state index contributed by atoms with van der Waals surface area (Å²) in [6.45, 7) is 0.710. The SMILES string of the molecule is CN1CC(Cc2ccccc2O)OCC1=O. The Kier molecular flexibility index (Phi) is 3.10. The van der Waals surface area contributed by atoms with Gasteiger partial charge in [0.05, 0.1) is 6.10 Å². The quantitative estimate of drug-likeness (QED) is 0.803. The summed E-state index contributed by atoms with van der Waals surface area (Å²) in [5, 5.41) is 9.62. The number of nitrogens with zero attached hydrogens (tertiary/aromatic N) is 1. The van der Waals surface area contributed by atoms with Gasteiger partial charge in [0.2, 0.25) is 5.91 Å². The number of phenols is 1. The number of benzene rings is 1. The number of morpholine rings is 1. The minimum atomic E-state index is -0.0315. The summed E-state index contributed by atoms with van der Waals surface area (Å²) in [5.74, 6) is 0.291. The zero-order valence-corrected chi connectivity index (χ0v) is 9.22. The molecule has 4 heteroatoms. The minimum Gasteiger partial charge on any atom is -0.508 e. The molecule has 1 saturated heterocycles. The van der Waals surface area contributed by atoms with E-state index in [1.807, 2.05) is 12.1 Å². The van der Waals surface area contributed by atoms with Crippen LogP contribution < -0.4 is 0 Å². The number of hydrogen-bond donors (Lipinski definition) is 1. The molecule has 0 radical (unpaired) electrons. The molecule has 1 unspecified atom stereocenters. The van der Waals surface area contributed by atoms with E-state index in [1.54, 1.807) is 24.1 Å². The first kappa shape index (κ1) is 11.0. The van der Waals surface area contributed by atoms with E-state index in [1.165, 1.54) is 0 Å². The number of likely N-dealkylation sites (N-methyl/N-ethyl adjacent to an activating group) is 1. The number of phenolic OH excluding ortho intramolecular Hbond substituents is 1. The van der Waals surface area contributed by atoms with E-state index in [0.717, 1.165) is 5.56 Å². The molecule has 0 saturated carbocycles. The van der Waals surface area contributed by atoms with Gasteiger partial charge in [0.15, 0.2) is 0 Å². The van der Waals surface area contributed by atoms with Gasteiger partial charge in [-0.2, -0.15) is 0 Å². The van der Waals surface area contributed by atoms with Crippen molar-refractivity contribution in [1.29, 1.82) is 0 Å². The zero-order valence-electron chi connectivity index (χ0n) is 9.22. The Bertz CT molecular complexity index is 392. The minimum absolute atomic E-state index is 0.00790. The molecule has 1 fully saturated rings. The molecule has 1 aliphatic rings. The summed E-state index contributed by atoms with van der Waals surface area (Å²) < 4.78 is 5.42. The summed E-state index contributed by atoms with van der Waals surface area (Å²) in [7, 11) is 1.77. The Hall–Kier alpha value is -1.55. The molecule has 1 aromatic rings. The molecular formula is C12H15NO3. The number of carbonyl (C=O) groups excluding carboxylic acids is 1. The van der Waals surface area contributed by atoms with Crippen molar-refractivity contribution in [3.8, 4) is 5.75 Å². The third kappa shape index (κ3) is 2.33. The lowest BCUT2D eigenvalue weighted by molar-refractivity contribution is -0.146. The van der Waals surface area contributed by atoms with Gasteiger partial charge in [-0.25, -0.2) is 0 Å². The molecule has 16 heavy (non-hydrogen) atoms. The van der Waals surface area contributed by atoms with Gasteiger partial charge in [0.25, 0.3) is 0 Å². The van der Waals surface area contributed by atoms with Crippen LogP contribution in [0.1, 0.15) is 5.56 Å². The number of aromatic hydroxyl groups is 1. The highest BCUT2D eigenvalue weighted by atomic mass is 16.5. The van der Waals surface area contributed by atoms with Gasteiger partial charge in [-0.1, -0.05) is 18.2 Å². The summed E-state index contributed by atoms with van der Waals surface area (Å²) in [6, 6.07) is 7.20. The molecule has 0 spiro atoms. The molecule has 1 aromatic carbocycles. The molecule has 0 bridgehead atoms. The van der Waals surface area contributed by atoms with Crippen LogP contribution >= 0.6 is 0 Å². The maximum atomic E-state index is 11.2. The van der Waals surface area contributed by atoms with Gasteiger partial charge >= 0.3 is 0 Å². The lowest BCUT2D eigenvalue weighted by Crippen LogP contribution is -2.45. The molecule has 0 aromatic heterocycles. The second-order valence-electron chi connectivity index (χ2n) is 4.04. The zero-order chi connectivity index (χ0) is 11.5. The molecule has 4 nitrogen and oxygen atoms in total. The smallest absolute Gasteiger partial charge is 0.248 e. The van der Waals surface area contributed by atoms with Crippen LogP contribution in [-0.4, -0.2) is 42.2 Å². The van der Waals surface area contributed by atoms with Crippen LogP contribution in [0, 0.1) is 0 Å². The number of ether oxygens (including phenoxy) is 1. The standard InChI is InChI=1S/C12H15NO3/c1-13-7-10(16-8-12(13)15)6-9-4-2-3-5-11(9)14/h2-5,10,14H,6-8H2,1H3. The van der Waals surface area contributed by atoms with Gasteiger partial charge in [-0.05, 0) is 11.6 Å². The van der Waals surface area contributed by atoms with E-state index in [-0.39, 0.29) is 24.4 Å². The molecule has 1 atom stereocenters. The second kappa shape index (κ2) is 4.53. The van der Waals surface area contributed by atoms with E-state index in [2.05, 4.69) is 0 Å². The van der Waals surface area contributed by atoms with Gasteiger partial charge < -0.3 is 14.7 Å². The fraction of sp³-hybridized carbons (Fsp3) is 0.417. The van der Waals surface area contributed by atoms with E-state index in [4.69, 9.17) is 4.74 Å². The van der Waals surface area contributed by atoms with Crippen LogP contribution in [0.5, 0.6) is 5.75 Å². The Morgan fingerprint density at radius 2 is 2.25 bits per heavy atom. The van der Waals surface area contributed by atoms with Crippen molar-refractivity contribution in [2.75, 3.05) is 20.2 Å². The topological polar surface area (TPSA) is 49.8 Å². The van der Waals surface area contributed by atoms with Crippen molar-refractivity contribution >= 4 is 5.91 Å². The van der Waals surface area contributed by atoms with E-state index >= 15 is 0 Å². The second-order valence-corrected chi connectivity index (χ2v) is 4.04. The molecule has 1 heterocycles. The number of para-hydroxylation sites is 1. The highest BCUT2D eigenvalue weighted by Crippen LogP contribution is 2.19. The Labute approximate surface area is 94.4 Å². The molecule has 1 N–H and O–H groups in total. The summed E-state index contributed by atoms with van der Waals surface area (Å²) >= 11 is 0. The van der Waals surface area contributed by atoms with Crippen LogP contribution in [0.25, 0.3) is 0 Å². The highest BCUT2D eigenvalue weighted by molar-refractivity contribution is 5.77. The highest BCUT2D eigenvalue weighted by Gasteiger charge is 2.24. The normalized spacial score (nSPS) is 21.2. The predicted molar refractivity (Wildman–Crippen MR) is 59.2 cm³/mol. The Morgan fingerprint density at radius 3 is 2.94 bits per heavy atom. The molecule has 1 amide bonds. The number of amides is 1. The number of carbonyl (C=O) groups is 1. The van der Waals surface area contributed by atoms with E-state index in [0.29, 0.717) is 13.0 Å². The van der Waals surface area contributed by atoms with Crippen molar-refractivity contribution in [3.63, 3.8) is 0 Å². The van der Waals surface area contributed by atoms with Crippen molar-refractivity contribution in [2.45, 2.75) is 12.5 Å².